The number of benzene rings is 2. The van der Waals surface area contributed by atoms with Crippen molar-refractivity contribution >= 4 is 32.7 Å². The Bertz CT molecular complexity index is 1100. The van der Waals surface area contributed by atoms with Crippen LogP contribution in [0.2, 0.25) is 0 Å². The lowest BCUT2D eigenvalue weighted by Gasteiger charge is -2.37. The highest BCUT2D eigenvalue weighted by Gasteiger charge is 2.33. The molecule has 4 nitrogen and oxygen atoms in total. The van der Waals surface area contributed by atoms with Crippen molar-refractivity contribution in [3.8, 4) is 5.75 Å². The maximum absolute atomic E-state index is 13.1. The molecule has 2 aromatic carbocycles. The summed E-state index contributed by atoms with van der Waals surface area (Å²) in [6.45, 7) is 2.28. The number of rotatable bonds is 5. The molecule has 0 atom stereocenters. The molecule has 1 saturated carbocycles. The van der Waals surface area contributed by atoms with E-state index in [0.29, 0.717) is 10.0 Å². The number of ether oxygens (including phenoxy) is 1. The van der Waals surface area contributed by atoms with Crippen LogP contribution in [0.1, 0.15) is 36.8 Å². The molecule has 170 valence electrons. The van der Waals surface area contributed by atoms with Gasteiger partial charge < -0.3 is 15.4 Å². The summed E-state index contributed by atoms with van der Waals surface area (Å²) in [5, 5.41) is 1.06. The van der Waals surface area contributed by atoms with E-state index in [-0.39, 0.29) is 24.4 Å². The first-order valence-corrected chi connectivity index (χ1v) is 11.4. The minimum atomic E-state index is -4.77. The lowest BCUT2D eigenvalue weighted by atomic mass is 9.90. The fourth-order valence-corrected chi connectivity index (χ4v) is 4.69. The number of halogens is 4. The van der Waals surface area contributed by atoms with Crippen molar-refractivity contribution in [2.45, 2.75) is 57.6 Å². The molecule has 32 heavy (non-hydrogen) atoms. The second-order valence-corrected chi connectivity index (χ2v) is 9.23. The molecule has 0 bridgehead atoms. The standard InChI is InChI=1S/C24H25BrF3N3O/c1-15-12-23(30-21-5-3-2-4-20(15)21)31(19-10-8-18(29)9-11-19)14-16-6-7-17(25)13-22(16)32-24(26,27)28/h2-7,12-13,18-19H,8-11,14,29H2,1H3. The Hall–Kier alpha value is -2.32. The molecule has 0 radical (unpaired) electrons. The third-order valence-corrected chi connectivity index (χ3v) is 6.47. The molecule has 0 spiro atoms. The summed E-state index contributed by atoms with van der Waals surface area (Å²) in [4.78, 5) is 6.98. The van der Waals surface area contributed by atoms with Crippen LogP contribution < -0.4 is 15.4 Å². The molecule has 0 saturated heterocycles. The Balaban J connectivity index is 1.75. The van der Waals surface area contributed by atoms with Crippen LogP contribution in [-0.2, 0) is 6.54 Å². The minimum absolute atomic E-state index is 0.130. The van der Waals surface area contributed by atoms with Crippen LogP contribution >= 0.6 is 15.9 Å². The average Bonchev–Trinajstić information content (AvgIpc) is 2.73. The van der Waals surface area contributed by atoms with Crippen LogP contribution in [-0.4, -0.2) is 23.4 Å². The molecule has 0 unspecified atom stereocenters. The van der Waals surface area contributed by atoms with Crippen molar-refractivity contribution in [2.24, 2.45) is 5.73 Å². The zero-order valence-corrected chi connectivity index (χ0v) is 19.3. The first-order chi connectivity index (χ1) is 15.2. The summed E-state index contributed by atoms with van der Waals surface area (Å²) < 4.78 is 44.1. The number of nitrogens with zero attached hydrogens (tertiary/aromatic N) is 2. The summed E-state index contributed by atoms with van der Waals surface area (Å²) in [7, 11) is 0. The summed E-state index contributed by atoms with van der Waals surface area (Å²) in [6, 6.07) is 14.9. The number of nitrogens with two attached hydrogens (primary N) is 1. The third-order valence-electron chi connectivity index (χ3n) is 5.98. The van der Waals surface area contributed by atoms with Crippen LogP contribution in [0.25, 0.3) is 10.9 Å². The van der Waals surface area contributed by atoms with Crippen LogP contribution in [0.15, 0.2) is 53.0 Å². The predicted molar refractivity (Wildman–Crippen MR) is 124 cm³/mol. The molecule has 3 aromatic rings. The number of fused-ring (bicyclic) bond motifs is 1. The highest BCUT2D eigenvalue weighted by Crippen LogP contribution is 2.34. The van der Waals surface area contributed by atoms with Gasteiger partial charge in [-0.2, -0.15) is 0 Å². The largest absolute Gasteiger partial charge is 0.573 e. The van der Waals surface area contributed by atoms with Gasteiger partial charge in [0.25, 0.3) is 0 Å². The van der Waals surface area contributed by atoms with E-state index in [2.05, 4.69) is 25.6 Å². The quantitative estimate of drug-likeness (QED) is 0.429. The second-order valence-electron chi connectivity index (χ2n) is 8.31. The van der Waals surface area contributed by atoms with Crippen molar-refractivity contribution in [3.05, 3.63) is 64.1 Å². The SMILES string of the molecule is Cc1cc(N(Cc2ccc(Br)cc2OC(F)(F)F)C2CCC(N)CC2)nc2ccccc12. The number of pyridine rings is 1. The van der Waals surface area contributed by atoms with E-state index in [1.807, 2.05) is 37.3 Å². The van der Waals surface area contributed by atoms with Gasteiger partial charge in [0.05, 0.1) is 5.52 Å². The first-order valence-electron chi connectivity index (χ1n) is 10.6. The van der Waals surface area contributed by atoms with E-state index in [1.54, 1.807) is 12.1 Å². The van der Waals surface area contributed by atoms with E-state index in [9.17, 15) is 13.2 Å². The summed E-state index contributed by atoms with van der Waals surface area (Å²) in [5.74, 6) is 0.546. The molecule has 0 amide bonds. The van der Waals surface area contributed by atoms with Crippen LogP contribution in [0, 0.1) is 6.92 Å². The highest BCUT2D eigenvalue weighted by atomic mass is 79.9. The Morgan fingerprint density at radius 2 is 1.81 bits per heavy atom. The molecule has 2 N–H and O–H groups in total. The molecule has 1 aliphatic carbocycles. The fraction of sp³-hybridized carbons (Fsp3) is 0.375. The molecule has 1 aliphatic rings. The molecular weight excluding hydrogens is 483 g/mol. The summed E-state index contributed by atoms with van der Waals surface area (Å²) in [5.41, 5.74) is 8.50. The minimum Gasteiger partial charge on any atom is -0.405 e. The van der Waals surface area contributed by atoms with Gasteiger partial charge in [-0.1, -0.05) is 40.2 Å². The lowest BCUT2D eigenvalue weighted by molar-refractivity contribution is -0.274. The summed E-state index contributed by atoms with van der Waals surface area (Å²) >= 11 is 3.25. The Labute approximate surface area is 193 Å². The molecule has 8 heteroatoms. The molecule has 4 rings (SSSR count). The van der Waals surface area contributed by atoms with E-state index in [0.717, 1.165) is 48.0 Å². The van der Waals surface area contributed by atoms with Crippen molar-refractivity contribution < 1.29 is 17.9 Å². The zero-order chi connectivity index (χ0) is 22.9. The Morgan fingerprint density at radius 1 is 1.09 bits per heavy atom. The van der Waals surface area contributed by atoms with E-state index < -0.39 is 6.36 Å². The number of hydrogen-bond donors (Lipinski definition) is 1. The van der Waals surface area contributed by atoms with Crippen molar-refractivity contribution in [1.29, 1.82) is 0 Å². The van der Waals surface area contributed by atoms with Crippen LogP contribution in [0.5, 0.6) is 5.75 Å². The fourth-order valence-electron chi connectivity index (χ4n) is 4.35. The maximum atomic E-state index is 13.1. The van der Waals surface area contributed by atoms with Crippen molar-refractivity contribution in [3.63, 3.8) is 0 Å². The Kier molecular flexibility index (Phi) is 6.62. The number of aryl methyl sites for hydroxylation is 1. The second kappa shape index (κ2) is 9.27. The number of para-hydroxylation sites is 1. The van der Waals surface area contributed by atoms with Gasteiger partial charge in [0.1, 0.15) is 11.6 Å². The predicted octanol–water partition coefficient (Wildman–Crippen LogP) is 6.48. The van der Waals surface area contributed by atoms with Gasteiger partial charge in [-0.3, -0.25) is 0 Å². The maximum Gasteiger partial charge on any atom is 0.573 e. The number of hydrogen-bond acceptors (Lipinski definition) is 4. The number of alkyl halides is 3. The average molecular weight is 508 g/mol. The monoisotopic (exact) mass is 507 g/mol. The Morgan fingerprint density at radius 3 is 2.53 bits per heavy atom. The zero-order valence-electron chi connectivity index (χ0n) is 17.7. The van der Waals surface area contributed by atoms with Crippen molar-refractivity contribution in [2.75, 3.05) is 4.90 Å². The molecule has 0 aliphatic heterocycles. The highest BCUT2D eigenvalue weighted by molar-refractivity contribution is 9.10. The molecule has 1 fully saturated rings. The normalized spacial score (nSPS) is 19.2. The van der Waals surface area contributed by atoms with E-state index >= 15 is 0 Å². The van der Waals surface area contributed by atoms with Gasteiger partial charge in [-0.05, 0) is 62.4 Å². The van der Waals surface area contributed by atoms with Crippen molar-refractivity contribution in [1.82, 2.24) is 4.98 Å². The van der Waals surface area contributed by atoms with Gasteiger partial charge >= 0.3 is 6.36 Å². The topological polar surface area (TPSA) is 51.4 Å². The smallest absolute Gasteiger partial charge is 0.405 e. The lowest BCUT2D eigenvalue weighted by Crippen LogP contribution is -2.41. The van der Waals surface area contributed by atoms with E-state index in [4.69, 9.17) is 10.7 Å². The van der Waals surface area contributed by atoms with Crippen LogP contribution in [0.3, 0.4) is 0 Å². The number of aromatic nitrogens is 1. The van der Waals surface area contributed by atoms with E-state index in [1.165, 1.54) is 6.07 Å². The number of anilines is 1. The van der Waals surface area contributed by atoms with Gasteiger partial charge in [-0.25, -0.2) is 4.98 Å². The van der Waals surface area contributed by atoms with Gasteiger partial charge in [0.2, 0.25) is 0 Å². The molecular formula is C24H25BrF3N3O. The summed E-state index contributed by atoms with van der Waals surface area (Å²) in [6.07, 6.45) is -1.29. The molecule has 1 heterocycles. The van der Waals surface area contributed by atoms with Gasteiger partial charge in [-0.15, -0.1) is 13.2 Å². The third kappa shape index (κ3) is 5.35. The van der Waals surface area contributed by atoms with Crippen LogP contribution in [0.4, 0.5) is 19.0 Å². The van der Waals surface area contributed by atoms with Gasteiger partial charge in [0, 0.05) is 34.1 Å². The van der Waals surface area contributed by atoms with Gasteiger partial charge in [0.15, 0.2) is 0 Å². The first kappa shape index (κ1) is 22.9. The molecule has 1 aromatic heterocycles.